The van der Waals surface area contributed by atoms with Gasteiger partial charge in [-0.05, 0) is 38.5 Å². The third-order valence-corrected chi connectivity index (χ3v) is 4.26. The first kappa shape index (κ1) is 17.6. The molecular weight excluding hydrogens is 327 g/mol. The van der Waals surface area contributed by atoms with Crippen molar-refractivity contribution in [3.63, 3.8) is 0 Å². The monoisotopic (exact) mass is 343 g/mol. The van der Waals surface area contributed by atoms with E-state index in [-0.39, 0.29) is 29.2 Å². The number of aromatic nitrogens is 1. The van der Waals surface area contributed by atoms with Crippen molar-refractivity contribution in [1.29, 1.82) is 0 Å². The van der Waals surface area contributed by atoms with Crippen LogP contribution in [-0.4, -0.2) is 4.57 Å². The van der Waals surface area contributed by atoms with Gasteiger partial charge in [0.05, 0.1) is 11.3 Å². The number of hydrogen-bond donors (Lipinski definition) is 0. The number of halogens is 4. The van der Waals surface area contributed by atoms with Crippen molar-refractivity contribution in [1.82, 2.24) is 4.57 Å². The van der Waals surface area contributed by atoms with Crippen LogP contribution in [0.25, 0.3) is 11.3 Å². The first-order chi connectivity index (χ1) is 10.7. The Morgan fingerprint density at radius 1 is 1.22 bits per heavy atom. The second-order valence-corrected chi connectivity index (χ2v) is 5.86. The molecule has 1 aromatic carbocycles. The molecule has 1 heterocycles. The van der Waals surface area contributed by atoms with Gasteiger partial charge in [-0.3, -0.25) is 4.79 Å². The van der Waals surface area contributed by atoms with Gasteiger partial charge in [-0.15, -0.1) is 0 Å². The third kappa shape index (κ3) is 3.02. The van der Waals surface area contributed by atoms with E-state index in [0.29, 0.717) is 0 Å². The fraction of sp³-hybridized carbons (Fsp3) is 0.353. The quantitative estimate of drug-likeness (QED) is 0.760. The molecule has 0 N–H and O–H groups in total. The van der Waals surface area contributed by atoms with Gasteiger partial charge in [0.1, 0.15) is 22.3 Å². The number of benzene rings is 1. The Labute approximate surface area is 137 Å². The smallest absolute Gasteiger partial charge is 0.269 e. The van der Waals surface area contributed by atoms with Crippen LogP contribution in [0.15, 0.2) is 29.1 Å². The van der Waals surface area contributed by atoms with E-state index in [0.717, 1.165) is 16.7 Å². The highest BCUT2D eigenvalue weighted by atomic mass is 35.5. The third-order valence-electron chi connectivity index (χ3n) is 3.99. The summed E-state index contributed by atoms with van der Waals surface area (Å²) in [7, 11) is 0. The molecule has 6 heteroatoms. The second-order valence-electron chi connectivity index (χ2n) is 5.45. The van der Waals surface area contributed by atoms with Crippen molar-refractivity contribution < 1.29 is 13.2 Å². The van der Waals surface area contributed by atoms with E-state index in [1.165, 1.54) is 19.1 Å². The van der Waals surface area contributed by atoms with Crippen molar-refractivity contribution in [2.45, 2.75) is 39.4 Å². The molecule has 2 rings (SSSR count). The minimum Gasteiger partial charge on any atom is -0.307 e. The SMILES string of the molecule is CCn1c(-c2c(F)cccc2F)c(C(C)(F)CC)cc(Cl)c1=O. The lowest BCUT2D eigenvalue weighted by atomic mass is 9.90. The summed E-state index contributed by atoms with van der Waals surface area (Å²) < 4.78 is 44.6. The Kier molecular flexibility index (Phi) is 4.90. The van der Waals surface area contributed by atoms with E-state index in [1.807, 2.05) is 0 Å². The Hall–Kier alpha value is -1.75. The molecule has 0 aliphatic carbocycles. The average Bonchev–Trinajstić information content (AvgIpc) is 2.50. The second kappa shape index (κ2) is 6.40. The van der Waals surface area contributed by atoms with Crippen LogP contribution in [0.2, 0.25) is 5.02 Å². The zero-order chi connectivity index (χ0) is 17.4. The van der Waals surface area contributed by atoms with Crippen LogP contribution in [-0.2, 0) is 12.2 Å². The van der Waals surface area contributed by atoms with Crippen molar-refractivity contribution in [3.05, 3.63) is 56.8 Å². The molecular formula is C17H17ClF3NO. The maximum absolute atomic E-state index is 15.0. The molecule has 0 spiro atoms. The lowest BCUT2D eigenvalue weighted by Crippen LogP contribution is -2.27. The standard InChI is InChI=1S/C17H17ClF3NO/c1-4-17(3,21)10-9-11(18)16(23)22(5-2)15(10)14-12(19)7-6-8-13(14)20/h6-9H,4-5H2,1-3H3. The normalized spacial score (nSPS) is 13.9. The van der Waals surface area contributed by atoms with Crippen LogP contribution in [0.3, 0.4) is 0 Å². The van der Waals surface area contributed by atoms with Crippen LogP contribution < -0.4 is 5.56 Å². The van der Waals surface area contributed by atoms with Gasteiger partial charge >= 0.3 is 0 Å². The van der Waals surface area contributed by atoms with Crippen LogP contribution in [0.1, 0.15) is 32.8 Å². The predicted octanol–water partition coefficient (Wildman–Crippen LogP) is 5.06. The number of hydrogen-bond acceptors (Lipinski definition) is 1. The fourth-order valence-electron chi connectivity index (χ4n) is 2.52. The van der Waals surface area contributed by atoms with Gasteiger partial charge in [0.15, 0.2) is 0 Å². The molecule has 124 valence electrons. The molecule has 23 heavy (non-hydrogen) atoms. The van der Waals surface area contributed by atoms with Crippen molar-refractivity contribution in [2.75, 3.05) is 0 Å². The van der Waals surface area contributed by atoms with Gasteiger partial charge in [0.2, 0.25) is 0 Å². The predicted molar refractivity (Wildman–Crippen MR) is 85.5 cm³/mol. The minimum atomic E-state index is -1.89. The summed E-state index contributed by atoms with van der Waals surface area (Å²) >= 11 is 5.91. The molecule has 1 unspecified atom stereocenters. The van der Waals surface area contributed by atoms with Gasteiger partial charge in [0.25, 0.3) is 5.56 Å². The van der Waals surface area contributed by atoms with Gasteiger partial charge in [-0.1, -0.05) is 24.6 Å². The maximum atomic E-state index is 15.0. The summed E-state index contributed by atoms with van der Waals surface area (Å²) in [4.78, 5) is 12.2. The summed E-state index contributed by atoms with van der Waals surface area (Å²) in [6.07, 6.45) is 0.0638. The summed E-state index contributed by atoms with van der Waals surface area (Å²) in [5.74, 6) is -1.72. The summed E-state index contributed by atoms with van der Waals surface area (Å²) in [6.45, 7) is 4.64. The highest BCUT2D eigenvalue weighted by Crippen LogP contribution is 2.39. The fourth-order valence-corrected chi connectivity index (χ4v) is 2.73. The van der Waals surface area contributed by atoms with E-state index < -0.39 is 28.4 Å². The highest BCUT2D eigenvalue weighted by Gasteiger charge is 2.32. The number of nitrogens with zero attached hydrogens (tertiary/aromatic N) is 1. The van der Waals surface area contributed by atoms with Crippen molar-refractivity contribution in [2.24, 2.45) is 0 Å². The first-order valence-electron chi connectivity index (χ1n) is 7.31. The zero-order valence-electron chi connectivity index (χ0n) is 13.1. The molecule has 0 fully saturated rings. The Bertz CT molecular complexity index is 779. The molecule has 0 aliphatic rings. The summed E-state index contributed by atoms with van der Waals surface area (Å²) in [5, 5.41) is -0.181. The lowest BCUT2D eigenvalue weighted by molar-refractivity contribution is 0.185. The molecule has 0 bridgehead atoms. The van der Waals surface area contributed by atoms with E-state index >= 15 is 0 Å². The lowest BCUT2D eigenvalue weighted by Gasteiger charge is -2.25. The van der Waals surface area contributed by atoms with E-state index in [9.17, 15) is 18.0 Å². The minimum absolute atomic E-state index is 0.00421. The molecule has 2 nitrogen and oxygen atoms in total. The average molecular weight is 344 g/mol. The van der Waals surface area contributed by atoms with Crippen LogP contribution >= 0.6 is 11.6 Å². The van der Waals surface area contributed by atoms with Gasteiger partial charge in [-0.25, -0.2) is 13.2 Å². The van der Waals surface area contributed by atoms with E-state index in [4.69, 9.17) is 11.6 Å². The Balaban J connectivity index is 3.01. The number of pyridine rings is 1. The van der Waals surface area contributed by atoms with Crippen molar-refractivity contribution in [3.8, 4) is 11.3 Å². The molecule has 0 saturated carbocycles. The Morgan fingerprint density at radius 3 is 2.26 bits per heavy atom. The molecule has 0 radical (unpaired) electrons. The van der Waals surface area contributed by atoms with Crippen LogP contribution in [0.5, 0.6) is 0 Å². The molecule has 0 amide bonds. The van der Waals surface area contributed by atoms with E-state index in [1.54, 1.807) is 13.8 Å². The number of rotatable bonds is 4. The Morgan fingerprint density at radius 2 is 1.78 bits per heavy atom. The van der Waals surface area contributed by atoms with Crippen molar-refractivity contribution >= 4 is 11.6 Å². The molecule has 0 aliphatic heterocycles. The zero-order valence-corrected chi connectivity index (χ0v) is 13.8. The maximum Gasteiger partial charge on any atom is 0.269 e. The molecule has 1 atom stereocenters. The van der Waals surface area contributed by atoms with Gasteiger partial charge < -0.3 is 4.57 Å². The van der Waals surface area contributed by atoms with Crippen LogP contribution in [0, 0.1) is 11.6 Å². The van der Waals surface area contributed by atoms with Gasteiger partial charge in [-0.2, -0.15) is 0 Å². The molecule has 0 saturated heterocycles. The van der Waals surface area contributed by atoms with Gasteiger partial charge in [0, 0.05) is 12.1 Å². The highest BCUT2D eigenvalue weighted by molar-refractivity contribution is 6.30. The topological polar surface area (TPSA) is 22.0 Å². The largest absolute Gasteiger partial charge is 0.307 e. The summed E-state index contributed by atoms with van der Waals surface area (Å²) in [5.41, 5.74) is -3.03. The number of alkyl halides is 1. The van der Waals surface area contributed by atoms with E-state index in [2.05, 4.69) is 0 Å². The summed E-state index contributed by atoms with van der Waals surface area (Å²) in [6, 6.07) is 4.53. The first-order valence-corrected chi connectivity index (χ1v) is 7.69. The molecule has 1 aromatic heterocycles. The molecule has 2 aromatic rings. The van der Waals surface area contributed by atoms with Crippen LogP contribution in [0.4, 0.5) is 13.2 Å².